The van der Waals surface area contributed by atoms with Gasteiger partial charge < -0.3 is 15.2 Å². The Morgan fingerprint density at radius 3 is 2.94 bits per heavy atom. The zero-order valence-electron chi connectivity index (χ0n) is 16.6. The number of nitrogens with one attached hydrogen (secondary N) is 3. The predicted octanol–water partition coefficient (Wildman–Crippen LogP) is 2.54. The fourth-order valence-corrected chi connectivity index (χ4v) is 4.82. The Hall–Kier alpha value is -3.48. The number of fused-ring (bicyclic) bond motifs is 3. The molecule has 0 aromatic heterocycles. The molecule has 156 valence electrons. The normalized spacial score (nSPS) is 23.5. The number of benzene rings is 2. The number of anilines is 1. The maximum absolute atomic E-state index is 12.4. The number of hydrogen-bond acceptors (Lipinski definition) is 8. The Labute approximate surface area is 184 Å². The SMILES string of the molecule is N#Cc1cccc(NC(=O)CSC2=NNC3C4CC(c5ccccc5)NN4C=CN23)c1. The van der Waals surface area contributed by atoms with E-state index in [1.165, 1.54) is 17.3 Å². The highest BCUT2D eigenvalue weighted by atomic mass is 32.2. The minimum Gasteiger partial charge on any atom is -0.325 e. The highest BCUT2D eigenvalue weighted by Gasteiger charge is 2.44. The highest BCUT2D eigenvalue weighted by Crippen LogP contribution is 2.34. The molecular weight excluding hydrogens is 410 g/mol. The van der Waals surface area contributed by atoms with E-state index in [-0.39, 0.29) is 29.9 Å². The Bertz CT molecular complexity index is 1080. The lowest BCUT2D eigenvalue weighted by atomic mass is 10.00. The maximum Gasteiger partial charge on any atom is 0.234 e. The number of nitriles is 1. The fourth-order valence-electron chi connectivity index (χ4n) is 4.05. The molecule has 1 fully saturated rings. The van der Waals surface area contributed by atoms with Gasteiger partial charge >= 0.3 is 0 Å². The molecule has 5 rings (SSSR count). The summed E-state index contributed by atoms with van der Waals surface area (Å²) in [6.45, 7) is 0. The van der Waals surface area contributed by atoms with Crippen molar-refractivity contribution < 1.29 is 4.79 Å². The number of hydrogen-bond donors (Lipinski definition) is 3. The Morgan fingerprint density at radius 1 is 1.23 bits per heavy atom. The van der Waals surface area contributed by atoms with Gasteiger partial charge in [0.2, 0.25) is 5.91 Å². The van der Waals surface area contributed by atoms with Gasteiger partial charge in [-0.15, -0.1) is 0 Å². The first kappa shape index (κ1) is 19.5. The van der Waals surface area contributed by atoms with Crippen LogP contribution in [0.25, 0.3) is 0 Å². The van der Waals surface area contributed by atoms with E-state index in [1.807, 2.05) is 18.5 Å². The zero-order valence-corrected chi connectivity index (χ0v) is 17.4. The van der Waals surface area contributed by atoms with Crippen LogP contribution in [0.3, 0.4) is 0 Å². The Morgan fingerprint density at radius 2 is 2.10 bits per heavy atom. The van der Waals surface area contributed by atoms with Crippen LogP contribution in [0, 0.1) is 11.3 Å². The van der Waals surface area contributed by atoms with Crippen LogP contribution in [-0.2, 0) is 4.79 Å². The van der Waals surface area contributed by atoms with E-state index in [2.05, 4.69) is 61.5 Å². The van der Waals surface area contributed by atoms with Gasteiger partial charge in [0, 0.05) is 18.1 Å². The summed E-state index contributed by atoms with van der Waals surface area (Å²) >= 11 is 1.38. The first-order valence-corrected chi connectivity index (χ1v) is 11.0. The predicted molar refractivity (Wildman–Crippen MR) is 120 cm³/mol. The summed E-state index contributed by atoms with van der Waals surface area (Å²) in [5.41, 5.74) is 9.19. The minimum absolute atomic E-state index is 0.0177. The third-order valence-electron chi connectivity index (χ3n) is 5.51. The third kappa shape index (κ3) is 3.95. The number of carbonyl (C=O) groups excluding carboxylic acids is 1. The van der Waals surface area contributed by atoms with Gasteiger partial charge in [-0.25, -0.2) is 5.43 Å². The van der Waals surface area contributed by atoms with Gasteiger partial charge in [-0.3, -0.25) is 10.2 Å². The number of hydrazone groups is 1. The van der Waals surface area contributed by atoms with Crippen molar-refractivity contribution in [3.8, 4) is 6.07 Å². The van der Waals surface area contributed by atoms with Crippen molar-refractivity contribution in [1.82, 2.24) is 20.8 Å². The van der Waals surface area contributed by atoms with Gasteiger partial charge in [-0.05, 0) is 30.2 Å². The average Bonchev–Trinajstić information content (AvgIpc) is 3.42. The van der Waals surface area contributed by atoms with Crippen molar-refractivity contribution in [3.63, 3.8) is 0 Å². The van der Waals surface area contributed by atoms with Gasteiger partial charge in [0.05, 0.1) is 29.5 Å². The second-order valence-electron chi connectivity index (χ2n) is 7.51. The molecule has 3 N–H and O–H groups in total. The first-order valence-electron chi connectivity index (χ1n) is 10.0. The zero-order chi connectivity index (χ0) is 21.2. The Balaban J connectivity index is 1.18. The van der Waals surface area contributed by atoms with Crippen LogP contribution < -0.4 is 16.2 Å². The van der Waals surface area contributed by atoms with Gasteiger partial charge in [0.1, 0.15) is 6.17 Å². The van der Waals surface area contributed by atoms with Crippen LogP contribution in [0.5, 0.6) is 0 Å². The molecule has 0 saturated carbocycles. The molecule has 0 bridgehead atoms. The molecule has 1 saturated heterocycles. The number of hydrazine groups is 1. The number of nitrogens with zero attached hydrogens (tertiary/aromatic N) is 4. The summed E-state index contributed by atoms with van der Waals surface area (Å²) in [6, 6.07) is 19.9. The number of rotatable bonds is 4. The average molecular weight is 432 g/mol. The Kier molecular flexibility index (Phi) is 5.24. The van der Waals surface area contributed by atoms with Crippen LogP contribution in [0.2, 0.25) is 0 Å². The van der Waals surface area contributed by atoms with Crippen molar-refractivity contribution in [3.05, 3.63) is 78.1 Å². The highest BCUT2D eigenvalue weighted by molar-refractivity contribution is 8.14. The molecule has 31 heavy (non-hydrogen) atoms. The fraction of sp³-hybridized carbons (Fsp3) is 0.227. The molecule has 3 atom stereocenters. The smallest absolute Gasteiger partial charge is 0.234 e. The van der Waals surface area contributed by atoms with E-state index >= 15 is 0 Å². The molecule has 1 amide bonds. The largest absolute Gasteiger partial charge is 0.325 e. The second kappa shape index (κ2) is 8.34. The van der Waals surface area contributed by atoms with Gasteiger partial charge in [-0.2, -0.15) is 10.4 Å². The molecule has 0 aliphatic carbocycles. The van der Waals surface area contributed by atoms with Crippen molar-refractivity contribution in [1.29, 1.82) is 5.26 Å². The van der Waals surface area contributed by atoms with Crippen LogP contribution in [0.1, 0.15) is 23.6 Å². The standard InChI is InChI=1S/C22H21N7OS/c23-13-15-5-4-8-17(11-15)24-20(30)14-31-22-26-25-21-19-12-18(16-6-2-1-3-7-16)27-29(19)10-9-28(21)22/h1-11,18-19,21,25,27H,12,14H2,(H,24,30). The molecule has 0 radical (unpaired) electrons. The summed E-state index contributed by atoms with van der Waals surface area (Å²) < 4.78 is 0. The van der Waals surface area contributed by atoms with Crippen molar-refractivity contribution >= 4 is 28.5 Å². The summed E-state index contributed by atoms with van der Waals surface area (Å²) in [4.78, 5) is 14.5. The summed E-state index contributed by atoms with van der Waals surface area (Å²) in [6.07, 6.45) is 4.98. The maximum atomic E-state index is 12.4. The van der Waals surface area contributed by atoms with E-state index in [9.17, 15) is 4.79 Å². The molecule has 2 aromatic carbocycles. The lowest BCUT2D eigenvalue weighted by Crippen LogP contribution is -2.54. The molecule has 3 heterocycles. The van der Waals surface area contributed by atoms with Crippen LogP contribution in [0.4, 0.5) is 5.69 Å². The first-order chi connectivity index (χ1) is 15.2. The quantitative estimate of drug-likeness (QED) is 0.685. The van der Waals surface area contributed by atoms with Crippen molar-refractivity contribution in [2.75, 3.05) is 11.1 Å². The van der Waals surface area contributed by atoms with Crippen molar-refractivity contribution in [2.45, 2.75) is 24.7 Å². The number of thioether (sulfide) groups is 1. The summed E-state index contributed by atoms with van der Waals surface area (Å²) in [5, 5.41) is 19.2. The van der Waals surface area contributed by atoms with E-state index in [0.29, 0.717) is 11.3 Å². The van der Waals surface area contributed by atoms with Gasteiger partial charge in [-0.1, -0.05) is 48.2 Å². The van der Waals surface area contributed by atoms with Crippen LogP contribution in [0.15, 0.2) is 72.1 Å². The molecule has 3 aliphatic heterocycles. The molecule has 8 nitrogen and oxygen atoms in total. The van der Waals surface area contributed by atoms with Crippen LogP contribution in [-0.4, -0.2) is 38.9 Å². The molecular formula is C22H21N7OS. The molecule has 2 aromatic rings. The molecule has 3 unspecified atom stereocenters. The van der Waals surface area contributed by atoms with Crippen molar-refractivity contribution in [2.24, 2.45) is 5.10 Å². The van der Waals surface area contributed by atoms with Crippen LogP contribution >= 0.6 is 11.8 Å². The molecule has 3 aliphatic rings. The number of amidine groups is 1. The summed E-state index contributed by atoms with van der Waals surface area (Å²) in [7, 11) is 0. The van der Waals surface area contributed by atoms with Gasteiger partial charge in [0.25, 0.3) is 0 Å². The van der Waals surface area contributed by atoms with E-state index < -0.39 is 0 Å². The minimum atomic E-state index is -0.138. The van der Waals surface area contributed by atoms with Gasteiger partial charge in [0.15, 0.2) is 5.17 Å². The molecule has 0 spiro atoms. The lowest BCUT2D eigenvalue weighted by molar-refractivity contribution is -0.113. The number of amides is 1. The van der Waals surface area contributed by atoms with E-state index in [1.54, 1.807) is 24.3 Å². The topological polar surface area (TPSA) is 95.8 Å². The van der Waals surface area contributed by atoms with E-state index in [0.717, 1.165) is 11.6 Å². The summed E-state index contributed by atoms with van der Waals surface area (Å²) in [5.74, 6) is 0.0914. The third-order valence-corrected chi connectivity index (χ3v) is 6.48. The lowest BCUT2D eigenvalue weighted by Gasteiger charge is -2.36. The van der Waals surface area contributed by atoms with E-state index in [4.69, 9.17) is 5.26 Å². The molecule has 9 heteroatoms. The number of carbonyl (C=O) groups is 1. The second-order valence-corrected chi connectivity index (χ2v) is 8.45. The monoisotopic (exact) mass is 431 g/mol.